The predicted octanol–water partition coefficient (Wildman–Crippen LogP) is 3.50. The summed E-state index contributed by atoms with van der Waals surface area (Å²) < 4.78 is 19.4. The SMILES string of the molecule is C[C@@H]([NH2+]Cc1ccccc1F)C(=O)Nc1ccc(OCc2ccccc2)cc1. The van der Waals surface area contributed by atoms with Gasteiger partial charge < -0.3 is 15.4 Å². The monoisotopic (exact) mass is 379 g/mol. The number of anilines is 1. The van der Waals surface area contributed by atoms with Crippen molar-refractivity contribution in [1.29, 1.82) is 0 Å². The molecule has 0 aliphatic rings. The first kappa shape index (κ1) is 19.6. The first-order chi connectivity index (χ1) is 13.6. The number of amides is 1. The van der Waals surface area contributed by atoms with Crippen LogP contribution in [0.15, 0.2) is 78.9 Å². The Morgan fingerprint density at radius 1 is 1.00 bits per heavy atom. The number of benzene rings is 3. The van der Waals surface area contributed by atoms with Crippen molar-refractivity contribution in [3.05, 3.63) is 95.8 Å². The van der Waals surface area contributed by atoms with E-state index in [0.717, 1.165) is 11.3 Å². The van der Waals surface area contributed by atoms with Crippen LogP contribution in [0.5, 0.6) is 5.75 Å². The highest BCUT2D eigenvalue weighted by Crippen LogP contribution is 2.17. The molecule has 0 unspecified atom stereocenters. The average molecular weight is 379 g/mol. The minimum Gasteiger partial charge on any atom is -0.489 e. The van der Waals surface area contributed by atoms with E-state index < -0.39 is 0 Å². The predicted molar refractivity (Wildman–Crippen MR) is 107 cm³/mol. The zero-order valence-corrected chi connectivity index (χ0v) is 15.8. The van der Waals surface area contributed by atoms with Gasteiger partial charge >= 0.3 is 0 Å². The molecule has 0 aliphatic heterocycles. The Bertz CT molecular complexity index is 898. The topological polar surface area (TPSA) is 54.9 Å². The minimum absolute atomic E-state index is 0.130. The van der Waals surface area contributed by atoms with E-state index in [9.17, 15) is 9.18 Å². The smallest absolute Gasteiger partial charge is 0.282 e. The molecule has 0 saturated carbocycles. The highest BCUT2D eigenvalue weighted by atomic mass is 19.1. The zero-order chi connectivity index (χ0) is 19.8. The third kappa shape index (κ3) is 5.66. The van der Waals surface area contributed by atoms with Gasteiger partial charge in [0.25, 0.3) is 5.91 Å². The van der Waals surface area contributed by atoms with E-state index in [1.807, 2.05) is 59.9 Å². The van der Waals surface area contributed by atoms with Crippen LogP contribution in [0.4, 0.5) is 10.1 Å². The van der Waals surface area contributed by atoms with E-state index >= 15 is 0 Å². The fraction of sp³-hybridized carbons (Fsp3) is 0.174. The fourth-order valence-electron chi connectivity index (χ4n) is 2.71. The molecule has 0 spiro atoms. The Labute approximate surface area is 164 Å². The summed E-state index contributed by atoms with van der Waals surface area (Å²) in [7, 11) is 0. The van der Waals surface area contributed by atoms with Crippen LogP contribution in [-0.2, 0) is 17.9 Å². The van der Waals surface area contributed by atoms with Crippen molar-refractivity contribution >= 4 is 11.6 Å². The van der Waals surface area contributed by atoms with Crippen molar-refractivity contribution in [1.82, 2.24) is 0 Å². The number of hydrogen-bond acceptors (Lipinski definition) is 2. The molecule has 0 aliphatic carbocycles. The second-order valence-corrected chi connectivity index (χ2v) is 6.61. The van der Waals surface area contributed by atoms with Crippen molar-refractivity contribution in [3.8, 4) is 5.75 Å². The summed E-state index contributed by atoms with van der Waals surface area (Å²) in [6.45, 7) is 2.70. The molecule has 1 amide bonds. The molecule has 144 valence electrons. The Morgan fingerprint density at radius 3 is 2.39 bits per heavy atom. The normalized spacial score (nSPS) is 11.6. The molecule has 28 heavy (non-hydrogen) atoms. The van der Waals surface area contributed by atoms with E-state index in [0.29, 0.717) is 24.4 Å². The number of quaternary nitrogens is 1. The lowest BCUT2D eigenvalue weighted by molar-refractivity contribution is -0.688. The number of ether oxygens (including phenoxy) is 1. The van der Waals surface area contributed by atoms with Crippen molar-refractivity contribution in [3.63, 3.8) is 0 Å². The molecule has 3 aromatic carbocycles. The highest BCUT2D eigenvalue weighted by molar-refractivity contribution is 5.93. The van der Waals surface area contributed by atoms with Gasteiger partial charge in [-0.1, -0.05) is 48.5 Å². The lowest BCUT2D eigenvalue weighted by atomic mass is 10.2. The Balaban J connectivity index is 1.47. The second kappa shape index (κ2) is 9.67. The molecule has 0 heterocycles. The van der Waals surface area contributed by atoms with Crippen LogP contribution in [0.1, 0.15) is 18.1 Å². The van der Waals surface area contributed by atoms with Gasteiger partial charge in [0.05, 0.1) is 0 Å². The summed E-state index contributed by atoms with van der Waals surface area (Å²) in [5.41, 5.74) is 2.38. The maximum absolute atomic E-state index is 13.7. The van der Waals surface area contributed by atoms with Gasteiger partial charge in [-0.2, -0.15) is 0 Å². The average Bonchev–Trinajstić information content (AvgIpc) is 2.73. The molecule has 0 aromatic heterocycles. The Kier molecular flexibility index (Phi) is 6.76. The highest BCUT2D eigenvalue weighted by Gasteiger charge is 2.17. The van der Waals surface area contributed by atoms with Gasteiger partial charge in [-0.3, -0.25) is 4.79 Å². The van der Waals surface area contributed by atoms with Crippen LogP contribution in [-0.4, -0.2) is 11.9 Å². The second-order valence-electron chi connectivity index (χ2n) is 6.61. The molecule has 3 rings (SSSR count). The molecular weight excluding hydrogens is 355 g/mol. The molecule has 3 aromatic rings. The van der Waals surface area contributed by atoms with E-state index in [2.05, 4.69) is 5.32 Å². The van der Waals surface area contributed by atoms with E-state index in [1.54, 1.807) is 25.1 Å². The quantitative estimate of drug-likeness (QED) is 0.629. The van der Waals surface area contributed by atoms with Crippen molar-refractivity contribution in [2.24, 2.45) is 0 Å². The lowest BCUT2D eigenvalue weighted by Crippen LogP contribution is -2.90. The fourth-order valence-corrected chi connectivity index (χ4v) is 2.71. The van der Waals surface area contributed by atoms with Gasteiger partial charge in [0.1, 0.15) is 24.7 Å². The Morgan fingerprint density at radius 2 is 1.68 bits per heavy atom. The molecule has 3 N–H and O–H groups in total. The van der Waals surface area contributed by atoms with Crippen LogP contribution < -0.4 is 15.4 Å². The van der Waals surface area contributed by atoms with E-state index in [4.69, 9.17) is 4.74 Å². The first-order valence-corrected chi connectivity index (χ1v) is 9.26. The van der Waals surface area contributed by atoms with Gasteiger partial charge in [-0.25, -0.2) is 4.39 Å². The third-order valence-electron chi connectivity index (χ3n) is 4.43. The number of nitrogens with two attached hydrogens (primary N) is 1. The van der Waals surface area contributed by atoms with E-state index in [1.165, 1.54) is 6.07 Å². The van der Waals surface area contributed by atoms with Gasteiger partial charge in [0.15, 0.2) is 6.04 Å². The summed E-state index contributed by atoms with van der Waals surface area (Å²) in [4.78, 5) is 12.3. The van der Waals surface area contributed by atoms with Crippen molar-refractivity contribution in [2.75, 3.05) is 5.32 Å². The molecule has 0 saturated heterocycles. The number of carbonyl (C=O) groups excluding carboxylic acids is 1. The van der Waals surface area contributed by atoms with Crippen molar-refractivity contribution in [2.45, 2.75) is 26.1 Å². The molecule has 4 nitrogen and oxygen atoms in total. The van der Waals surface area contributed by atoms with Crippen LogP contribution in [0.2, 0.25) is 0 Å². The maximum Gasteiger partial charge on any atom is 0.282 e. The summed E-state index contributed by atoms with van der Waals surface area (Å²) in [6, 6.07) is 23.5. The number of rotatable bonds is 8. The maximum atomic E-state index is 13.7. The number of carbonyl (C=O) groups is 1. The summed E-state index contributed by atoms with van der Waals surface area (Å²) in [5.74, 6) is 0.354. The molecular formula is C23H24FN2O2+. The van der Waals surface area contributed by atoms with Crippen molar-refractivity contribution < 1.29 is 19.2 Å². The summed E-state index contributed by atoms with van der Waals surface area (Å²) >= 11 is 0. The molecule has 0 bridgehead atoms. The van der Waals surface area contributed by atoms with Crippen LogP contribution in [0.25, 0.3) is 0 Å². The Hall–Kier alpha value is -3.18. The zero-order valence-electron chi connectivity index (χ0n) is 15.8. The van der Waals surface area contributed by atoms with E-state index in [-0.39, 0.29) is 17.8 Å². The molecule has 0 fully saturated rings. The standard InChI is InChI=1S/C23H23FN2O2/c1-17(25-15-19-9-5-6-10-22(19)24)23(27)26-20-11-13-21(14-12-20)28-16-18-7-3-2-4-8-18/h2-14,17,25H,15-16H2,1H3,(H,26,27)/p+1/t17-/m1/s1. The van der Waals surface area contributed by atoms with Crippen LogP contribution in [0.3, 0.4) is 0 Å². The number of halogens is 1. The van der Waals surface area contributed by atoms with Crippen LogP contribution in [0, 0.1) is 5.82 Å². The molecule has 0 radical (unpaired) electrons. The summed E-state index contributed by atoms with van der Waals surface area (Å²) in [6.07, 6.45) is 0. The van der Waals surface area contributed by atoms with Crippen LogP contribution >= 0.6 is 0 Å². The van der Waals surface area contributed by atoms with Gasteiger partial charge in [-0.05, 0) is 42.8 Å². The largest absolute Gasteiger partial charge is 0.489 e. The third-order valence-corrected chi connectivity index (χ3v) is 4.43. The molecule has 5 heteroatoms. The van der Waals surface area contributed by atoms with Gasteiger partial charge in [0, 0.05) is 11.3 Å². The van der Waals surface area contributed by atoms with Gasteiger partial charge in [0.2, 0.25) is 0 Å². The summed E-state index contributed by atoms with van der Waals surface area (Å²) in [5, 5.41) is 4.68. The first-order valence-electron chi connectivity index (χ1n) is 9.26. The number of hydrogen-bond donors (Lipinski definition) is 2. The minimum atomic E-state index is -0.339. The molecule has 1 atom stereocenters. The lowest BCUT2D eigenvalue weighted by Gasteiger charge is -2.12. The van der Waals surface area contributed by atoms with Gasteiger partial charge in [-0.15, -0.1) is 0 Å². The number of nitrogens with one attached hydrogen (secondary N) is 1.